The molecular formula is C18H29N3O3S. The van der Waals surface area contributed by atoms with Crippen molar-refractivity contribution >= 4 is 10.0 Å². The number of piperazine rings is 1. The maximum atomic E-state index is 11.6. The molecule has 25 heavy (non-hydrogen) atoms. The molecule has 0 amide bonds. The monoisotopic (exact) mass is 367 g/mol. The van der Waals surface area contributed by atoms with Gasteiger partial charge in [0.05, 0.1) is 12.4 Å². The van der Waals surface area contributed by atoms with E-state index in [1.165, 1.54) is 11.8 Å². The van der Waals surface area contributed by atoms with E-state index < -0.39 is 10.0 Å². The molecule has 0 bridgehead atoms. The Morgan fingerprint density at radius 1 is 1.04 bits per heavy atom. The second-order valence-corrected chi connectivity index (χ2v) is 9.01. The molecule has 0 unspecified atom stereocenters. The van der Waals surface area contributed by atoms with E-state index in [0.29, 0.717) is 13.1 Å². The Balaban J connectivity index is 1.50. The minimum Gasteiger partial charge on any atom is -0.376 e. The van der Waals surface area contributed by atoms with Crippen LogP contribution in [-0.2, 0) is 21.3 Å². The van der Waals surface area contributed by atoms with Crippen molar-refractivity contribution < 1.29 is 13.2 Å². The lowest BCUT2D eigenvalue weighted by molar-refractivity contribution is 0.0191. The third kappa shape index (κ3) is 5.76. The van der Waals surface area contributed by atoms with Crippen LogP contribution in [0.5, 0.6) is 0 Å². The van der Waals surface area contributed by atoms with E-state index in [2.05, 4.69) is 34.1 Å². The number of rotatable bonds is 5. The van der Waals surface area contributed by atoms with Gasteiger partial charge in [0.25, 0.3) is 0 Å². The molecule has 140 valence electrons. The van der Waals surface area contributed by atoms with Crippen molar-refractivity contribution in [3.8, 4) is 0 Å². The normalized spacial score (nSPS) is 24.9. The first-order valence-electron chi connectivity index (χ1n) is 9.06. The van der Waals surface area contributed by atoms with Gasteiger partial charge in [-0.1, -0.05) is 30.3 Å². The molecule has 2 aliphatic rings. The third-order valence-corrected chi connectivity index (χ3v) is 6.25. The SMILES string of the molecule is CS(=O)(=O)N1CCN(C[C@@H]2CN(Cc3ccccc3)CCCO2)CC1. The molecule has 6 nitrogen and oxygen atoms in total. The van der Waals surface area contributed by atoms with Crippen molar-refractivity contribution in [2.24, 2.45) is 0 Å². The fourth-order valence-electron chi connectivity index (χ4n) is 3.60. The molecule has 0 radical (unpaired) electrons. The second-order valence-electron chi connectivity index (χ2n) is 7.03. The highest BCUT2D eigenvalue weighted by atomic mass is 32.2. The zero-order valence-corrected chi connectivity index (χ0v) is 15.8. The first kappa shape index (κ1) is 18.8. The summed E-state index contributed by atoms with van der Waals surface area (Å²) >= 11 is 0. The zero-order valence-electron chi connectivity index (χ0n) is 15.0. The quantitative estimate of drug-likeness (QED) is 0.772. The van der Waals surface area contributed by atoms with Crippen LogP contribution in [0, 0.1) is 0 Å². The van der Waals surface area contributed by atoms with Crippen LogP contribution in [0.4, 0.5) is 0 Å². The van der Waals surface area contributed by atoms with Crippen LogP contribution in [0.2, 0.25) is 0 Å². The van der Waals surface area contributed by atoms with Crippen LogP contribution in [-0.4, -0.2) is 87.3 Å². The van der Waals surface area contributed by atoms with Crippen molar-refractivity contribution in [2.75, 3.05) is 58.7 Å². The van der Waals surface area contributed by atoms with Crippen molar-refractivity contribution in [2.45, 2.75) is 19.1 Å². The van der Waals surface area contributed by atoms with Gasteiger partial charge in [-0.05, 0) is 12.0 Å². The summed E-state index contributed by atoms with van der Waals surface area (Å²) in [5.41, 5.74) is 1.34. The highest BCUT2D eigenvalue weighted by Gasteiger charge is 2.26. The number of hydrogen-bond donors (Lipinski definition) is 0. The summed E-state index contributed by atoms with van der Waals surface area (Å²) in [5, 5.41) is 0. The first-order chi connectivity index (χ1) is 12.0. The molecule has 3 rings (SSSR count). The predicted octanol–water partition coefficient (Wildman–Crippen LogP) is 0.855. The smallest absolute Gasteiger partial charge is 0.211 e. The lowest BCUT2D eigenvalue weighted by atomic mass is 10.2. The van der Waals surface area contributed by atoms with Gasteiger partial charge >= 0.3 is 0 Å². The molecule has 0 saturated carbocycles. The molecule has 0 spiro atoms. The Kier molecular flexibility index (Phi) is 6.46. The van der Waals surface area contributed by atoms with E-state index in [9.17, 15) is 8.42 Å². The molecule has 7 heteroatoms. The van der Waals surface area contributed by atoms with Gasteiger partial charge in [-0.25, -0.2) is 8.42 Å². The average molecular weight is 368 g/mol. The lowest BCUT2D eigenvalue weighted by Gasteiger charge is -2.35. The molecule has 2 aliphatic heterocycles. The molecule has 2 heterocycles. The topological polar surface area (TPSA) is 53.1 Å². The number of nitrogens with zero attached hydrogens (tertiary/aromatic N) is 3. The minimum atomic E-state index is -3.06. The fourth-order valence-corrected chi connectivity index (χ4v) is 4.42. The van der Waals surface area contributed by atoms with E-state index in [4.69, 9.17) is 4.74 Å². The summed E-state index contributed by atoms with van der Waals surface area (Å²) in [7, 11) is -3.06. The summed E-state index contributed by atoms with van der Waals surface area (Å²) in [4.78, 5) is 4.80. The Bertz CT molecular complexity index is 630. The van der Waals surface area contributed by atoms with E-state index in [1.807, 2.05) is 6.07 Å². The molecule has 0 aliphatic carbocycles. The standard InChI is InChI=1S/C18H29N3O3S/c1-25(22,23)21-11-9-19(10-12-21)15-18-16-20(8-5-13-24-18)14-17-6-3-2-4-7-17/h2-4,6-7,18H,5,8-16H2,1H3/t18-/m1/s1. The van der Waals surface area contributed by atoms with E-state index in [1.54, 1.807) is 4.31 Å². The highest BCUT2D eigenvalue weighted by Crippen LogP contribution is 2.13. The van der Waals surface area contributed by atoms with Crippen LogP contribution in [0.1, 0.15) is 12.0 Å². The van der Waals surface area contributed by atoms with Crippen LogP contribution in [0.3, 0.4) is 0 Å². The second kappa shape index (κ2) is 8.60. The molecule has 1 aromatic rings. The maximum absolute atomic E-state index is 11.6. The van der Waals surface area contributed by atoms with Gasteiger partial charge in [0.2, 0.25) is 10.0 Å². The van der Waals surface area contributed by atoms with Crippen molar-refractivity contribution in [3.05, 3.63) is 35.9 Å². The molecule has 0 aromatic heterocycles. The summed E-state index contributed by atoms with van der Waals surface area (Å²) < 4.78 is 30.9. The Hall–Kier alpha value is -0.990. The number of ether oxygens (including phenoxy) is 1. The third-order valence-electron chi connectivity index (χ3n) is 4.95. The highest BCUT2D eigenvalue weighted by molar-refractivity contribution is 7.88. The van der Waals surface area contributed by atoms with E-state index in [0.717, 1.165) is 52.3 Å². The number of benzene rings is 1. The Morgan fingerprint density at radius 3 is 2.44 bits per heavy atom. The van der Waals surface area contributed by atoms with Gasteiger partial charge < -0.3 is 4.74 Å². The summed E-state index contributed by atoms with van der Waals surface area (Å²) in [6, 6.07) is 10.6. The number of sulfonamides is 1. The van der Waals surface area contributed by atoms with Gasteiger partial charge in [0.1, 0.15) is 0 Å². The predicted molar refractivity (Wildman–Crippen MR) is 98.9 cm³/mol. The van der Waals surface area contributed by atoms with Crippen molar-refractivity contribution in [3.63, 3.8) is 0 Å². The zero-order chi connectivity index (χ0) is 17.7. The largest absolute Gasteiger partial charge is 0.376 e. The molecule has 0 N–H and O–H groups in total. The number of hydrogen-bond acceptors (Lipinski definition) is 5. The Morgan fingerprint density at radius 2 is 1.76 bits per heavy atom. The van der Waals surface area contributed by atoms with Gasteiger partial charge in [0, 0.05) is 59.0 Å². The van der Waals surface area contributed by atoms with Crippen LogP contribution in [0.25, 0.3) is 0 Å². The maximum Gasteiger partial charge on any atom is 0.211 e. The van der Waals surface area contributed by atoms with Crippen molar-refractivity contribution in [1.29, 1.82) is 0 Å². The van der Waals surface area contributed by atoms with Crippen LogP contribution >= 0.6 is 0 Å². The van der Waals surface area contributed by atoms with Gasteiger partial charge in [-0.3, -0.25) is 9.80 Å². The Labute approximate surface area is 151 Å². The average Bonchev–Trinajstić information content (AvgIpc) is 2.80. The lowest BCUT2D eigenvalue weighted by Crippen LogP contribution is -2.51. The van der Waals surface area contributed by atoms with Crippen molar-refractivity contribution in [1.82, 2.24) is 14.1 Å². The fraction of sp³-hybridized carbons (Fsp3) is 0.667. The minimum absolute atomic E-state index is 0.191. The molecule has 2 fully saturated rings. The molecule has 1 atom stereocenters. The van der Waals surface area contributed by atoms with Crippen LogP contribution in [0.15, 0.2) is 30.3 Å². The summed E-state index contributed by atoms with van der Waals surface area (Å²) in [6.07, 6.45) is 2.54. The molecular weight excluding hydrogens is 338 g/mol. The van der Waals surface area contributed by atoms with Gasteiger partial charge in [-0.15, -0.1) is 0 Å². The summed E-state index contributed by atoms with van der Waals surface area (Å²) in [6.45, 7) is 7.37. The van der Waals surface area contributed by atoms with Gasteiger partial charge in [0.15, 0.2) is 0 Å². The van der Waals surface area contributed by atoms with Crippen LogP contribution < -0.4 is 0 Å². The summed E-state index contributed by atoms with van der Waals surface area (Å²) in [5.74, 6) is 0. The first-order valence-corrected chi connectivity index (χ1v) is 10.9. The van der Waals surface area contributed by atoms with Gasteiger partial charge in [-0.2, -0.15) is 4.31 Å². The molecule has 2 saturated heterocycles. The van der Waals surface area contributed by atoms with E-state index >= 15 is 0 Å². The van der Waals surface area contributed by atoms with E-state index in [-0.39, 0.29) is 6.10 Å². The molecule has 1 aromatic carbocycles.